The van der Waals surface area contributed by atoms with E-state index in [1.165, 1.54) is 13.0 Å². The number of phosphoric acid groups is 1. The Morgan fingerprint density at radius 3 is 2.53 bits per heavy atom. The van der Waals surface area contributed by atoms with E-state index >= 15 is 0 Å². The third-order valence-electron chi connectivity index (χ3n) is 5.79. The quantitative estimate of drug-likeness (QED) is 0.144. The zero-order chi connectivity index (χ0) is 27.0. The second kappa shape index (κ2) is 10.9. The van der Waals surface area contributed by atoms with E-state index in [1.54, 1.807) is 0 Å². The summed E-state index contributed by atoms with van der Waals surface area (Å²) in [7, 11) is -10.4. The molecule has 0 bridgehead atoms. The number of anilines is 1. The Hall–Kier alpha value is -1.75. The van der Waals surface area contributed by atoms with E-state index in [0.717, 1.165) is 10.8 Å². The molecule has 2 heterocycles. The number of carbonyl (C=O) groups excluding carboxylic acids is 1. The maximum Gasteiger partial charge on any atom is 0.473 e. The number of nitrogens with two attached hydrogens (primary N) is 1. The fraction of sp³-hybridized carbons (Fsp3) is 0.706. The van der Waals surface area contributed by atoms with Gasteiger partial charge in [-0.25, -0.2) is 9.36 Å². The Morgan fingerprint density at radius 1 is 1.28 bits per heavy atom. The predicted octanol–water partition coefficient (Wildman–Crippen LogP) is -2.64. The molecule has 2 aliphatic rings. The van der Waals surface area contributed by atoms with Crippen molar-refractivity contribution < 1.29 is 57.7 Å². The summed E-state index contributed by atoms with van der Waals surface area (Å²) in [4.78, 5) is 56.3. The molecule has 17 nitrogen and oxygen atoms in total. The largest absolute Gasteiger partial charge is 0.473 e. The summed E-state index contributed by atoms with van der Waals surface area (Å²) in [6.45, 7) is 0.309. The maximum atomic E-state index is 12.5. The van der Waals surface area contributed by atoms with Crippen LogP contribution in [0.1, 0.15) is 26.0 Å². The van der Waals surface area contributed by atoms with E-state index in [1.807, 2.05) is 0 Å². The van der Waals surface area contributed by atoms with Crippen molar-refractivity contribution in [3.05, 3.63) is 22.7 Å². The van der Waals surface area contributed by atoms with Gasteiger partial charge in [-0.15, -0.1) is 0 Å². The number of carbonyl (C=O) groups is 1. The van der Waals surface area contributed by atoms with Gasteiger partial charge in [-0.05, 0) is 18.9 Å². The molecule has 2 unspecified atom stereocenters. The summed E-state index contributed by atoms with van der Waals surface area (Å²) in [5.74, 6) is -3.86. The average Bonchev–Trinajstić information content (AvgIpc) is 3.23. The molecule has 36 heavy (non-hydrogen) atoms. The molecule has 19 heteroatoms. The number of nitrogens with one attached hydrogen (secondary N) is 1. The summed E-state index contributed by atoms with van der Waals surface area (Å²) in [6, 6.07) is 0.387. The van der Waals surface area contributed by atoms with Gasteiger partial charge in [0.1, 0.15) is 24.1 Å². The molecule has 204 valence electrons. The summed E-state index contributed by atoms with van der Waals surface area (Å²) >= 11 is 0. The fourth-order valence-electron chi connectivity index (χ4n) is 4.18. The van der Waals surface area contributed by atoms with Crippen LogP contribution in [0, 0.1) is 5.92 Å². The minimum Gasteiger partial charge on any atom is -0.391 e. The van der Waals surface area contributed by atoms with Crippen molar-refractivity contribution in [3.63, 3.8) is 0 Å². The molecule has 0 radical (unpaired) electrons. The molecule has 9 atom stereocenters. The van der Waals surface area contributed by atoms with E-state index in [9.17, 15) is 48.7 Å². The standard InChI is InChI=1S/C17H28N4O13P2/c1-7(22)19-9-4-8(5-10(9)23)16(35(27,28)29)34-36(30,31)32-6-11-13(24)14(25)15(33-11)21-3-2-12(18)20-17(21)26/h2-3,8-11,13-16,23-25H,4-6H2,1H3,(H,19,22)(H,30,31)(H2,18,20,26)(H2,27,28,29)/t8-,9-,10+,11+,13+,14+,15+,16?/m0/s1. The van der Waals surface area contributed by atoms with Crippen LogP contribution in [0.3, 0.4) is 0 Å². The molecule has 9 N–H and O–H groups in total. The molecule has 1 saturated heterocycles. The van der Waals surface area contributed by atoms with Gasteiger partial charge in [-0.3, -0.25) is 23.0 Å². The van der Waals surface area contributed by atoms with Crippen molar-refractivity contribution in [2.24, 2.45) is 5.92 Å². The molecule has 0 spiro atoms. The van der Waals surface area contributed by atoms with Gasteiger partial charge < -0.3 is 45.8 Å². The predicted molar refractivity (Wildman–Crippen MR) is 118 cm³/mol. The maximum absolute atomic E-state index is 12.5. The lowest BCUT2D eigenvalue weighted by atomic mass is 10.1. The number of phosphoric ester groups is 1. The van der Waals surface area contributed by atoms with Crippen LogP contribution in [0.25, 0.3) is 0 Å². The number of rotatable bonds is 9. The smallest absolute Gasteiger partial charge is 0.391 e. The lowest BCUT2D eigenvalue weighted by molar-refractivity contribution is -0.120. The summed E-state index contributed by atoms with van der Waals surface area (Å²) in [6.07, 6.45) is -6.69. The van der Waals surface area contributed by atoms with Crippen molar-refractivity contribution in [1.29, 1.82) is 0 Å². The fourth-order valence-corrected chi connectivity index (χ4v) is 6.66. The summed E-state index contributed by atoms with van der Waals surface area (Å²) < 4.78 is 40.3. The van der Waals surface area contributed by atoms with Gasteiger partial charge in [0.05, 0.1) is 18.8 Å². The molecular weight excluding hydrogens is 530 g/mol. The Labute approximate surface area is 203 Å². The third-order valence-corrected chi connectivity index (χ3v) is 8.12. The van der Waals surface area contributed by atoms with Crippen molar-refractivity contribution in [2.45, 2.75) is 62.3 Å². The van der Waals surface area contributed by atoms with Gasteiger partial charge in [0.25, 0.3) is 0 Å². The number of amides is 1. The van der Waals surface area contributed by atoms with Crippen molar-refractivity contribution >= 4 is 27.1 Å². The molecule has 0 aromatic carbocycles. The van der Waals surface area contributed by atoms with Crippen LogP contribution in [0.15, 0.2) is 17.1 Å². The van der Waals surface area contributed by atoms with Crippen LogP contribution in [0.2, 0.25) is 0 Å². The van der Waals surface area contributed by atoms with Crippen molar-refractivity contribution in [3.8, 4) is 0 Å². The van der Waals surface area contributed by atoms with Gasteiger partial charge in [-0.1, -0.05) is 0 Å². The van der Waals surface area contributed by atoms with Gasteiger partial charge in [0.2, 0.25) is 5.91 Å². The van der Waals surface area contributed by atoms with E-state index in [4.69, 9.17) is 19.5 Å². The van der Waals surface area contributed by atoms with E-state index < -0.39 is 82.1 Å². The number of nitrogens with zero attached hydrogens (tertiary/aromatic N) is 2. The first-order valence-corrected chi connectivity index (χ1v) is 13.8. The normalized spacial score (nSPS) is 33.2. The zero-order valence-electron chi connectivity index (χ0n) is 18.8. The number of aliphatic hydroxyl groups excluding tert-OH is 3. The van der Waals surface area contributed by atoms with E-state index in [2.05, 4.69) is 10.3 Å². The Bertz CT molecular complexity index is 1110. The molecule has 1 aromatic rings. The third kappa shape index (κ3) is 6.76. The van der Waals surface area contributed by atoms with Gasteiger partial charge >= 0.3 is 21.1 Å². The van der Waals surface area contributed by atoms with Gasteiger partial charge in [-0.2, -0.15) is 4.98 Å². The Morgan fingerprint density at radius 2 is 1.94 bits per heavy atom. The van der Waals surface area contributed by atoms with Crippen LogP contribution < -0.4 is 16.7 Å². The highest BCUT2D eigenvalue weighted by atomic mass is 31.2. The number of hydrogen-bond donors (Lipinski definition) is 8. The van der Waals surface area contributed by atoms with Crippen LogP contribution in [0.4, 0.5) is 5.82 Å². The number of aliphatic hydroxyl groups is 3. The lowest BCUT2D eigenvalue weighted by Crippen LogP contribution is -2.38. The minimum absolute atomic E-state index is 0.0969. The van der Waals surface area contributed by atoms with Crippen LogP contribution in [-0.2, 0) is 27.7 Å². The highest BCUT2D eigenvalue weighted by Gasteiger charge is 2.49. The highest BCUT2D eigenvalue weighted by Crippen LogP contribution is 2.58. The SMILES string of the molecule is CC(=O)N[C@H]1C[C@H](C(OP(=O)(O)OC[C@H]2O[C@@H](n3ccc(N)nc3=O)[C@H](O)[C@@H]2O)P(=O)(O)O)C[C@H]1O. The molecule has 1 aliphatic heterocycles. The average molecular weight is 558 g/mol. The van der Waals surface area contributed by atoms with Crippen LogP contribution in [-0.4, -0.2) is 88.4 Å². The van der Waals surface area contributed by atoms with E-state index in [0.29, 0.717) is 0 Å². The Kier molecular flexibility index (Phi) is 8.75. The first-order valence-electron chi connectivity index (χ1n) is 10.6. The summed E-state index contributed by atoms with van der Waals surface area (Å²) in [5.41, 5.74) is 4.51. The minimum atomic E-state index is -5.20. The number of hydrogen-bond acceptors (Lipinski definition) is 12. The van der Waals surface area contributed by atoms with Crippen molar-refractivity contribution in [2.75, 3.05) is 12.3 Å². The lowest BCUT2D eigenvalue weighted by Gasteiger charge is -2.27. The molecule has 1 aromatic heterocycles. The Balaban J connectivity index is 1.67. The number of nitrogen functional groups attached to an aromatic ring is 1. The first-order chi connectivity index (χ1) is 16.6. The van der Waals surface area contributed by atoms with E-state index in [-0.39, 0.29) is 18.7 Å². The van der Waals surface area contributed by atoms with Crippen LogP contribution in [0.5, 0.6) is 0 Å². The highest BCUT2D eigenvalue weighted by molar-refractivity contribution is 7.54. The molecule has 3 rings (SSSR count). The van der Waals surface area contributed by atoms with Gasteiger partial charge in [0.15, 0.2) is 12.1 Å². The second-order valence-electron chi connectivity index (χ2n) is 8.54. The monoisotopic (exact) mass is 558 g/mol. The molecule has 1 amide bonds. The molecule has 1 saturated carbocycles. The van der Waals surface area contributed by atoms with Crippen molar-refractivity contribution in [1.82, 2.24) is 14.9 Å². The number of ether oxygens (including phenoxy) is 1. The molecule has 1 aliphatic carbocycles. The second-order valence-corrected chi connectivity index (χ2v) is 11.6. The van der Waals surface area contributed by atoms with Crippen LogP contribution >= 0.6 is 15.4 Å². The first kappa shape index (κ1) is 28.8. The molecular formula is C17H28N4O13P2. The summed E-state index contributed by atoms with van der Waals surface area (Å²) in [5, 5.41) is 33.0. The van der Waals surface area contributed by atoms with Gasteiger partial charge in [0, 0.05) is 19.0 Å². The number of aromatic nitrogens is 2. The topological polar surface area (TPSA) is 273 Å². The zero-order valence-corrected chi connectivity index (χ0v) is 20.6. The molecule has 2 fully saturated rings.